The predicted octanol–water partition coefficient (Wildman–Crippen LogP) is 5.03. The third-order valence-corrected chi connectivity index (χ3v) is 5.23. The summed E-state index contributed by atoms with van der Waals surface area (Å²) in [7, 11) is 0. The molecule has 0 saturated heterocycles. The molecule has 0 aliphatic carbocycles. The number of hydrogen-bond donors (Lipinski definition) is 4. The molecule has 0 saturated carbocycles. The average molecular weight is 466 g/mol. The van der Waals surface area contributed by atoms with Crippen LogP contribution in [0.4, 0.5) is 23.1 Å². The van der Waals surface area contributed by atoms with E-state index in [1.165, 1.54) is 0 Å². The molecule has 0 aliphatic heterocycles. The summed E-state index contributed by atoms with van der Waals surface area (Å²) in [4.78, 5) is 20.3. The number of halogens is 1. The fourth-order valence-corrected chi connectivity index (χ4v) is 3.59. The zero-order valence-electron chi connectivity index (χ0n) is 17.8. The zero-order chi connectivity index (χ0) is 23.0. The molecule has 2 heterocycles. The first kappa shape index (κ1) is 22.5. The third kappa shape index (κ3) is 6.18. The van der Waals surface area contributed by atoms with Crippen molar-refractivity contribution in [1.82, 2.24) is 25.2 Å². The number of carbonyl (C=O) groups excluding carboxylic acids is 1. The molecule has 0 aliphatic rings. The second-order valence-electron chi connectivity index (χ2n) is 7.51. The van der Waals surface area contributed by atoms with Gasteiger partial charge < -0.3 is 10.6 Å². The minimum absolute atomic E-state index is 0.313. The average Bonchev–Trinajstić information content (AvgIpc) is 3.25. The van der Waals surface area contributed by atoms with Gasteiger partial charge in [0.1, 0.15) is 5.82 Å². The highest BCUT2D eigenvalue weighted by atomic mass is 35.5. The Balaban J connectivity index is 1.44. The largest absolute Gasteiger partial charge is 0.340 e. The van der Waals surface area contributed by atoms with E-state index in [0.717, 1.165) is 41.7 Å². The van der Waals surface area contributed by atoms with E-state index in [1.807, 2.05) is 59.4 Å². The Bertz CT molecular complexity index is 1240. The number of fused-ring (bicyclic) bond motifs is 1. The van der Waals surface area contributed by atoms with Crippen molar-refractivity contribution in [2.45, 2.75) is 32.2 Å². The molecule has 1 amide bonds. The molecular formula is C23H24ClN7O2. The molecule has 0 spiro atoms. The number of unbranched alkanes of at least 4 members (excludes halogenated alkanes) is 2. The lowest BCUT2D eigenvalue weighted by atomic mass is 10.2. The molecule has 9 nitrogen and oxygen atoms in total. The summed E-state index contributed by atoms with van der Waals surface area (Å²) in [6.45, 7) is 0.725. The molecule has 0 atom stereocenters. The van der Waals surface area contributed by atoms with E-state index in [2.05, 4.69) is 25.7 Å². The van der Waals surface area contributed by atoms with Crippen molar-refractivity contribution in [1.29, 1.82) is 0 Å². The molecule has 170 valence electrons. The Morgan fingerprint density at radius 2 is 1.88 bits per heavy atom. The van der Waals surface area contributed by atoms with Gasteiger partial charge in [-0.15, -0.1) is 0 Å². The van der Waals surface area contributed by atoms with E-state index in [4.69, 9.17) is 16.8 Å². The number of anilines is 4. The van der Waals surface area contributed by atoms with Crippen LogP contribution in [0.2, 0.25) is 5.02 Å². The standard InChI is InChI=1S/C23H24ClN7O2/c24-16-7-6-8-17(13-16)26-22-19-9-3-4-10-20(19)28-23(29-22)27-18-14-25-31(15-18)12-5-1-2-11-21(32)30-33/h3-4,6-10,13-15,33H,1-2,5,11-12H2,(H,30,32)(H2,26,27,28,29). The van der Waals surface area contributed by atoms with E-state index in [1.54, 1.807) is 11.7 Å². The van der Waals surface area contributed by atoms with Gasteiger partial charge in [0.25, 0.3) is 0 Å². The van der Waals surface area contributed by atoms with E-state index in [-0.39, 0.29) is 5.91 Å². The number of aryl methyl sites for hydroxylation is 1. The summed E-state index contributed by atoms with van der Waals surface area (Å²) in [5.74, 6) is 0.762. The van der Waals surface area contributed by atoms with Gasteiger partial charge in [0.05, 0.1) is 17.4 Å². The van der Waals surface area contributed by atoms with E-state index in [9.17, 15) is 4.79 Å². The molecule has 4 rings (SSSR count). The van der Waals surface area contributed by atoms with Gasteiger partial charge >= 0.3 is 0 Å². The van der Waals surface area contributed by atoms with Crippen LogP contribution < -0.4 is 16.1 Å². The van der Waals surface area contributed by atoms with Gasteiger partial charge in [-0.05, 0) is 43.2 Å². The lowest BCUT2D eigenvalue weighted by Gasteiger charge is -2.11. The summed E-state index contributed by atoms with van der Waals surface area (Å²) >= 11 is 6.12. The van der Waals surface area contributed by atoms with Crippen LogP contribution in [-0.4, -0.2) is 30.9 Å². The molecule has 10 heteroatoms. The maximum Gasteiger partial charge on any atom is 0.243 e. The molecule has 4 aromatic rings. The first-order chi connectivity index (χ1) is 16.1. The third-order valence-electron chi connectivity index (χ3n) is 5.00. The van der Waals surface area contributed by atoms with Gasteiger partial charge in [-0.3, -0.25) is 14.7 Å². The Morgan fingerprint density at radius 3 is 2.73 bits per heavy atom. The van der Waals surface area contributed by atoms with Crippen molar-refractivity contribution in [3.8, 4) is 0 Å². The van der Waals surface area contributed by atoms with Crippen LogP contribution in [-0.2, 0) is 11.3 Å². The maximum absolute atomic E-state index is 11.0. The lowest BCUT2D eigenvalue weighted by Crippen LogP contribution is -2.17. The summed E-state index contributed by atoms with van der Waals surface area (Å²) < 4.78 is 1.83. The highest BCUT2D eigenvalue weighted by molar-refractivity contribution is 6.30. The highest BCUT2D eigenvalue weighted by Gasteiger charge is 2.10. The first-order valence-electron chi connectivity index (χ1n) is 10.6. The van der Waals surface area contributed by atoms with Crippen molar-refractivity contribution >= 4 is 51.6 Å². The second-order valence-corrected chi connectivity index (χ2v) is 7.95. The van der Waals surface area contributed by atoms with Crippen molar-refractivity contribution in [2.75, 3.05) is 10.6 Å². The Hall–Kier alpha value is -3.69. The SMILES string of the molecule is O=C(CCCCCn1cc(Nc2nc(Nc3cccc(Cl)c3)c3ccccc3n2)cn1)NO. The predicted molar refractivity (Wildman–Crippen MR) is 128 cm³/mol. The number of nitrogens with zero attached hydrogens (tertiary/aromatic N) is 4. The van der Waals surface area contributed by atoms with Gasteiger partial charge in [-0.1, -0.05) is 36.2 Å². The van der Waals surface area contributed by atoms with Crippen LogP contribution in [0.3, 0.4) is 0 Å². The normalized spacial score (nSPS) is 10.8. The van der Waals surface area contributed by atoms with Crippen molar-refractivity contribution < 1.29 is 10.0 Å². The maximum atomic E-state index is 11.0. The van der Waals surface area contributed by atoms with E-state index in [0.29, 0.717) is 29.6 Å². The summed E-state index contributed by atoms with van der Waals surface area (Å²) in [6, 6.07) is 15.2. The smallest absolute Gasteiger partial charge is 0.243 e. The van der Waals surface area contributed by atoms with Gasteiger partial charge in [0.15, 0.2) is 0 Å². The van der Waals surface area contributed by atoms with Crippen molar-refractivity contribution in [2.24, 2.45) is 0 Å². The summed E-state index contributed by atoms with van der Waals surface area (Å²) in [5.41, 5.74) is 4.06. The minimum Gasteiger partial charge on any atom is -0.340 e. The fourth-order valence-electron chi connectivity index (χ4n) is 3.40. The van der Waals surface area contributed by atoms with Gasteiger partial charge in [-0.2, -0.15) is 10.1 Å². The number of hydroxylamine groups is 1. The van der Waals surface area contributed by atoms with Crippen LogP contribution in [0, 0.1) is 0 Å². The van der Waals surface area contributed by atoms with Gasteiger partial charge in [0, 0.05) is 35.3 Å². The van der Waals surface area contributed by atoms with Crippen LogP contribution >= 0.6 is 11.6 Å². The Labute approximate surface area is 195 Å². The molecule has 4 N–H and O–H groups in total. The highest BCUT2D eigenvalue weighted by Crippen LogP contribution is 2.27. The van der Waals surface area contributed by atoms with Crippen molar-refractivity contribution in [3.05, 3.63) is 65.9 Å². The number of hydrogen-bond acceptors (Lipinski definition) is 7. The molecule has 0 fully saturated rings. The molecule has 33 heavy (non-hydrogen) atoms. The Morgan fingerprint density at radius 1 is 1.00 bits per heavy atom. The monoisotopic (exact) mass is 465 g/mol. The number of amides is 1. The van der Waals surface area contributed by atoms with Crippen LogP contribution in [0.1, 0.15) is 25.7 Å². The van der Waals surface area contributed by atoms with E-state index >= 15 is 0 Å². The van der Waals surface area contributed by atoms with E-state index < -0.39 is 0 Å². The molecule has 2 aromatic carbocycles. The van der Waals surface area contributed by atoms with Crippen molar-refractivity contribution in [3.63, 3.8) is 0 Å². The molecule has 0 radical (unpaired) electrons. The number of benzene rings is 2. The molecule has 0 bridgehead atoms. The van der Waals surface area contributed by atoms with Gasteiger partial charge in [-0.25, -0.2) is 10.5 Å². The van der Waals surface area contributed by atoms with Crippen LogP contribution in [0.25, 0.3) is 10.9 Å². The van der Waals surface area contributed by atoms with Crippen LogP contribution in [0.5, 0.6) is 0 Å². The number of aromatic nitrogens is 4. The van der Waals surface area contributed by atoms with Gasteiger partial charge in [0.2, 0.25) is 11.9 Å². The molecule has 2 aromatic heterocycles. The summed E-state index contributed by atoms with van der Waals surface area (Å²) in [5, 5.41) is 21.0. The Kier molecular flexibility index (Phi) is 7.33. The number of para-hydroxylation sites is 1. The lowest BCUT2D eigenvalue weighted by molar-refractivity contribution is -0.129. The second kappa shape index (κ2) is 10.8. The number of rotatable bonds is 10. The number of carbonyl (C=O) groups is 1. The molecule has 0 unspecified atom stereocenters. The summed E-state index contributed by atoms with van der Waals surface area (Å²) in [6.07, 6.45) is 6.38. The number of nitrogens with one attached hydrogen (secondary N) is 3. The van der Waals surface area contributed by atoms with Crippen LogP contribution in [0.15, 0.2) is 60.9 Å². The molecular weight excluding hydrogens is 442 g/mol. The minimum atomic E-state index is -0.361. The quantitative estimate of drug-likeness (QED) is 0.147. The topological polar surface area (TPSA) is 117 Å². The fraction of sp³-hybridized carbons (Fsp3) is 0.217. The first-order valence-corrected chi connectivity index (χ1v) is 11.0. The zero-order valence-corrected chi connectivity index (χ0v) is 18.6.